The molecule has 0 aliphatic carbocycles. The normalized spacial score (nSPS) is 18.4. The van der Waals surface area contributed by atoms with Crippen LogP contribution in [0.3, 0.4) is 0 Å². The third-order valence-electron chi connectivity index (χ3n) is 5.24. The van der Waals surface area contributed by atoms with Crippen molar-refractivity contribution in [3.8, 4) is 0 Å². The lowest BCUT2D eigenvalue weighted by Gasteiger charge is -2.37. The minimum atomic E-state index is -0.433. The van der Waals surface area contributed by atoms with Crippen LogP contribution in [0.5, 0.6) is 0 Å². The van der Waals surface area contributed by atoms with E-state index in [1.54, 1.807) is 6.07 Å². The average molecular weight is 382 g/mol. The van der Waals surface area contributed by atoms with Gasteiger partial charge in [-0.05, 0) is 25.0 Å². The highest BCUT2D eigenvalue weighted by atomic mass is 16.7. The number of anilines is 1. The maximum Gasteiger partial charge on any atom is 0.270 e. The first-order chi connectivity index (χ1) is 13.6. The predicted molar refractivity (Wildman–Crippen MR) is 105 cm³/mol. The highest BCUT2D eigenvalue weighted by Gasteiger charge is 2.40. The van der Waals surface area contributed by atoms with Crippen LogP contribution in [-0.2, 0) is 15.9 Å². The molecule has 1 aromatic carbocycles. The second-order valence-corrected chi connectivity index (χ2v) is 7.28. The van der Waals surface area contributed by atoms with E-state index in [1.165, 1.54) is 5.56 Å². The highest BCUT2D eigenvalue weighted by Crippen LogP contribution is 2.32. The van der Waals surface area contributed by atoms with E-state index in [2.05, 4.69) is 32.3 Å². The molecule has 4 rings (SSSR count). The number of piperidine rings is 1. The number of nitrogens with zero attached hydrogens (tertiary/aromatic N) is 3. The molecule has 1 spiro atoms. The number of rotatable bonds is 5. The van der Waals surface area contributed by atoms with Gasteiger partial charge in [-0.1, -0.05) is 30.3 Å². The van der Waals surface area contributed by atoms with Crippen LogP contribution in [0.4, 0.5) is 5.95 Å². The first-order valence-electron chi connectivity index (χ1n) is 9.84. The summed E-state index contributed by atoms with van der Waals surface area (Å²) in [6.45, 7) is 5.28. The summed E-state index contributed by atoms with van der Waals surface area (Å²) in [5.41, 5.74) is 2.39. The van der Waals surface area contributed by atoms with Gasteiger partial charge in [0, 0.05) is 38.2 Å². The molecule has 0 radical (unpaired) electrons. The van der Waals surface area contributed by atoms with Gasteiger partial charge in [0.05, 0.1) is 13.2 Å². The lowest BCUT2D eigenvalue weighted by molar-refractivity contribution is -0.169. The van der Waals surface area contributed by atoms with Crippen molar-refractivity contribution < 1.29 is 14.3 Å². The Morgan fingerprint density at radius 3 is 2.57 bits per heavy atom. The molecule has 1 aromatic heterocycles. The van der Waals surface area contributed by atoms with E-state index in [1.807, 2.05) is 25.1 Å². The first-order valence-corrected chi connectivity index (χ1v) is 9.84. The summed E-state index contributed by atoms with van der Waals surface area (Å²) in [7, 11) is 0. The van der Waals surface area contributed by atoms with Gasteiger partial charge in [-0.25, -0.2) is 9.97 Å². The van der Waals surface area contributed by atoms with Crippen molar-refractivity contribution in [1.29, 1.82) is 0 Å². The molecule has 2 aromatic rings. The lowest BCUT2D eigenvalue weighted by atomic mass is 10.0. The number of hydrogen-bond acceptors (Lipinski definition) is 6. The molecule has 2 aliphatic heterocycles. The Labute approximate surface area is 165 Å². The zero-order valence-electron chi connectivity index (χ0n) is 16.2. The summed E-state index contributed by atoms with van der Waals surface area (Å²) in [5.74, 6) is -0.00232. The minimum Gasteiger partial charge on any atom is -0.350 e. The van der Waals surface area contributed by atoms with E-state index in [0.717, 1.165) is 38.0 Å². The van der Waals surface area contributed by atoms with Crippen molar-refractivity contribution in [3.05, 3.63) is 53.3 Å². The van der Waals surface area contributed by atoms with E-state index in [-0.39, 0.29) is 5.91 Å². The van der Waals surface area contributed by atoms with Crippen LogP contribution in [0.2, 0.25) is 0 Å². The molecule has 1 amide bonds. The molecule has 0 atom stereocenters. The van der Waals surface area contributed by atoms with Gasteiger partial charge in [0.15, 0.2) is 5.79 Å². The van der Waals surface area contributed by atoms with Crippen molar-refractivity contribution in [3.63, 3.8) is 0 Å². The average Bonchev–Trinajstić information content (AvgIpc) is 3.17. The third-order valence-corrected chi connectivity index (χ3v) is 5.24. The maximum atomic E-state index is 12.6. The van der Waals surface area contributed by atoms with Crippen molar-refractivity contribution in [2.45, 2.75) is 32.0 Å². The fraction of sp³-hybridized carbons (Fsp3) is 0.476. The summed E-state index contributed by atoms with van der Waals surface area (Å²) in [4.78, 5) is 23.7. The standard InChI is InChI=1S/C21H26N4O3/c1-16-15-18(19(26)22-10-7-17-5-3-2-4-6-17)24-20(23-16)25-11-8-21(9-12-25)27-13-14-28-21/h2-6,15H,7-14H2,1H3,(H,22,26). The van der Waals surface area contributed by atoms with Crippen LogP contribution < -0.4 is 10.2 Å². The smallest absolute Gasteiger partial charge is 0.270 e. The van der Waals surface area contributed by atoms with Crippen LogP contribution >= 0.6 is 0 Å². The van der Waals surface area contributed by atoms with E-state index < -0.39 is 5.79 Å². The third kappa shape index (κ3) is 4.31. The Balaban J connectivity index is 1.37. The SMILES string of the molecule is Cc1cc(C(=O)NCCc2ccccc2)nc(N2CCC3(CC2)OCCO3)n1. The Morgan fingerprint density at radius 2 is 1.86 bits per heavy atom. The zero-order valence-corrected chi connectivity index (χ0v) is 16.2. The van der Waals surface area contributed by atoms with Crippen molar-refractivity contribution in [2.24, 2.45) is 0 Å². The van der Waals surface area contributed by atoms with Crippen LogP contribution in [-0.4, -0.2) is 54.5 Å². The molecule has 2 aliphatic rings. The zero-order chi connectivity index (χ0) is 19.4. The Hall–Kier alpha value is -2.51. The number of aryl methyl sites for hydroxylation is 1. The van der Waals surface area contributed by atoms with Crippen molar-refractivity contribution >= 4 is 11.9 Å². The minimum absolute atomic E-state index is 0.168. The van der Waals surface area contributed by atoms with E-state index in [9.17, 15) is 4.79 Å². The summed E-state index contributed by atoms with van der Waals surface area (Å²) in [6, 6.07) is 11.8. The summed E-state index contributed by atoms with van der Waals surface area (Å²) >= 11 is 0. The number of ether oxygens (including phenoxy) is 2. The maximum absolute atomic E-state index is 12.6. The monoisotopic (exact) mass is 382 g/mol. The molecule has 2 fully saturated rings. The number of carbonyl (C=O) groups excluding carboxylic acids is 1. The number of carbonyl (C=O) groups is 1. The molecular formula is C21H26N4O3. The second-order valence-electron chi connectivity index (χ2n) is 7.28. The lowest BCUT2D eigenvalue weighted by Crippen LogP contribution is -2.46. The van der Waals surface area contributed by atoms with Crippen LogP contribution in [0, 0.1) is 6.92 Å². The number of benzene rings is 1. The molecule has 0 saturated carbocycles. The Morgan fingerprint density at radius 1 is 1.14 bits per heavy atom. The van der Waals surface area contributed by atoms with E-state index >= 15 is 0 Å². The molecule has 28 heavy (non-hydrogen) atoms. The van der Waals surface area contributed by atoms with Crippen LogP contribution in [0.1, 0.15) is 34.6 Å². The van der Waals surface area contributed by atoms with Gasteiger partial charge < -0.3 is 19.7 Å². The topological polar surface area (TPSA) is 76.6 Å². The van der Waals surface area contributed by atoms with Gasteiger partial charge in [-0.2, -0.15) is 0 Å². The summed E-state index contributed by atoms with van der Waals surface area (Å²) < 4.78 is 11.6. The van der Waals surface area contributed by atoms with Gasteiger partial charge in [0.1, 0.15) is 5.69 Å². The molecule has 7 nitrogen and oxygen atoms in total. The molecule has 3 heterocycles. The fourth-order valence-electron chi connectivity index (χ4n) is 3.70. The first kappa shape index (κ1) is 18.8. The Bertz CT molecular complexity index is 812. The van der Waals surface area contributed by atoms with Gasteiger partial charge in [-0.15, -0.1) is 0 Å². The number of nitrogens with one attached hydrogen (secondary N) is 1. The quantitative estimate of drug-likeness (QED) is 0.853. The fourth-order valence-corrected chi connectivity index (χ4v) is 3.70. The van der Waals surface area contributed by atoms with Crippen molar-refractivity contribution in [2.75, 3.05) is 37.7 Å². The van der Waals surface area contributed by atoms with E-state index in [0.29, 0.717) is 31.4 Å². The van der Waals surface area contributed by atoms with Crippen LogP contribution in [0.15, 0.2) is 36.4 Å². The van der Waals surface area contributed by atoms with Gasteiger partial charge >= 0.3 is 0 Å². The van der Waals surface area contributed by atoms with E-state index in [4.69, 9.17) is 9.47 Å². The molecule has 148 valence electrons. The molecule has 2 saturated heterocycles. The molecule has 7 heteroatoms. The predicted octanol–water partition coefficient (Wildman–Crippen LogP) is 2.10. The van der Waals surface area contributed by atoms with Gasteiger partial charge in [0.25, 0.3) is 5.91 Å². The number of amides is 1. The van der Waals surface area contributed by atoms with Crippen molar-refractivity contribution in [1.82, 2.24) is 15.3 Å². The van der Waals surface area contributed by atoms with Gasteiger partial charge in [-0.3, -0.25) is 4.79 Å². The summed E-state index contributed by atoms with van der Waals surface area (Å²) in [5, 5.41) is 2.96. The molecule has 0 bridgehead atoms. The molecular weight excluding hydrogens is 356 g/mol. The largest absolute Gasteiger partial charge is 0.350 e. The number of aromatic nitrogens is 2. The number of hydrogen-bond donors (Lipinski definition) is 1. The molecule has 1 N–H and O–H groups in total. The van der Waals surface area contributed by atoms with Crippen LogP contribution in [0.25, 0.3) is 0 Å². The molecule has 0 unspecified atom stereocenters. The second kappa shape index (κ2) is 8.24. The highest BCUT2D eigenvalue weighted by molar-refractivity contribution is 5.92. The van der Waals surface area contributed by atoms with Gasteiger partial charge in [0.2, 0.25) is 5.95 Å². The summed E-state index contributed by atoms with van der Waals surface area (Å²) in [6.07, 6.45) is 2.35. The Kier molecular flexibility index (Phi) is 5.54.